The third-order valence-corrected chi connectivity index (χ3v) is 5.47. The zero-order valence-electron chi connectivity index (χ0n) is 19.6. The SMILES string of the molecule is CCC(CNC(=NCc1nnc(C)n1C)NCCN1CCOCC1)Oc1ccccc1F.I. The van der Waals surface area contributed by atoms with Crippen molar-refractivity contribution in [1.82, 2.24) is 30.3 Å². The molecule has 3 rings (SSSR count). The number of halogens is 2. The minimum atomic E-state index is -0.360. The molecule has 2 N–H and O–H groups in total. The van der Waals surface area contributed by atoms with Crippen LogP contribution in [-0.2, 0) is 18.3 Å². The minimum Gasteiger partial charge on any atom is -0.486 e. The summed E-state index contributed by atoms with van der Waals surface area (Å²) < 4.78 is 27.2. The first kappa shape index (κ1) is 27.3. The zero-order valence-corrected chi connectivity index (χ0v) is 21.9. The van der Waals surface area contributed by atoms with E-state index in [1.165, 1.54) is 6.07 Å². The topological polar surface area (TPSA) is 88.8 Å². The Hall–Kier alpha value is -1.99. The van der Waals surface area contributed by atoms with Crippen molar-refractivity contribution in [2.24, 2.45) is 12.0 Å². The number of benzene rings is 1. The molecule has 0 radical (unpaired) electrons. The van der Waals surface area contributed by atoms with Gasteiger partial charge in [-0.2, -0.15) is 0 Å². The molecule has 9 nitrogen and oxygen atoms in total. The van der Waals surface area contributed by atoms with E-state index in [0.717, 1.165) is 57.5 Å². The highest BCUT2D eigenvalue weighted by Gasteiger charge is 2.14. The number of para-hydroxylation sites is 1. The Morgan fingerprint density at radius 2 is 2.00 bits per heavy atom. The highest BCUT2D eigenvalue weighted by molar-refractivity contribution is 14.0. The van der Waals surface area contributed by atoms with Gasteiger partial charge in [0, 0.05) is 33.2 Å². The van der Waals surface area contributed by atoms with E-state index < -0.39 is 0 Å². The number of guanidine groups is 1. The Balaban J connectivity index is 0.00000385. The summed E-state index contributed by atoms with van der Waals surface area (Å²) in [7, 11) is 1.93. The van der Waals surface area contributed by atoms with Gasteiger partial charge in [-0.25, -0.2) is 9.38 Å². The fourth-order valence-electron chi connectivity index (χ4n) is 3.27. The van der Waals surface area contributed by atoms with E-state index in [4.69, 9.17) is 9.47 Å². The highest BCUT2D eigenvalue weighted by Crippen LogP contribution is 2.17. The summed E-state index contributed by atoms with van der Waals surface area (Å²) in [4.78, 5) is 7.04. The van der Waals surface area contributed by atoms with Gasteiger partial charge in [-0.05, 0) is 25.5 Å². The van der Waals surface area contributed by atoms with Gasteiger partial charge in [-0.15, -0.1) is 34.2 Å². The van der Waals surface area contributed by atoms with Crippen LogP contribution in [0, 0.1) is 12.7 Å². The Morgan fingerprint density at radius 3 is 2.67 bits per heavy atom. The number of hydrogen-bond donors (Lipinski definition) is 2. The number of aromatic nitrogens is 3. The Morgan fingerprint density at radius 1 is 1.24 bits per heavy atom. The molecule has 1 aliphatic rings. The van der Waals surface area contributed by atoms with Crippen LogP contribution in [0.15, 0.2) is 29.3 Å². The van der Waals surface area contributed by atoms with Gasteiger partial charge in [0.1, 0.15) is 18.5 Å². The summed E-state index contributed by atoms with van der Waals surface area (Å²) in [5, 5.41) is 15.0. The van der Waals surface area contributed by atoms with Gasteiger partial charge in [0.2, 0.25) is 0 Å². The first-order valence-electron chi connectivity index (χ1n) is 11.1. The number of aryl methyl sites for hydroxylation is 1. The van der Waals surface area contributed by atoms with Crippen LogP contribution in [0.2, 0.25) is 0 Å². The van der Waals surface area contributed by atoms with Crippen molar-refractivity contribution in [2.45, 2.75) is 32.9 Å². The summed E-state index contributed by atoms with van der Waals surface area (Å²) in [6, 6.07) is 6.46. The quantitative estimate of drug-likeness (QED) is 0.255. The number of aliphatic imine (C=N–C) groups is 1. The Bertz CT molecular complexity index is 874. The van der Waals surface area contributed by atoms with Gasteiger partial charge in [0.05, 0.1) is 19.8 Å². The van der Waals surface area contributed by atoms with Crippen molar-refractivity contribution >= 4 is 29.9 Å². The average Bonchev–Trinajstić information content (AvgIpc) is 3.13. The molecule has 2 heterocycles. The average molecular weight is 575 g/mol. The number of morpholine rings is 1. The van der Waals surface area contributed by atoms with Crippen LogP contribution < -0.4 is 15.4 Å². The molecule has 0 saturated carbocycles. The molecule has 1 saturated heterocycles. The van der Waals surface area contributed by atoms with Crippen molar-refractivity contribution < 1.29 is 13.9 Å². The van der Waals surface area contributed by atoms with Crippen LogP contribution >= 0.6 is 24.0 Å². The summed E-state index contributed by atoms with van der Waals surface area (Å²) in [6.07, 6.45) is 0.528. The molecular weight excluding hydrogens is 540 g/mol. The molecule has 1 atom stereocenters. The molecule has 0 bridgehead atoms. The van der Waals surface area contributed by atoms with Crippen molar-refractivity contribution in [3.63, 3.8) is 0 Å². The van der Waals surface area contributed by atoms with Crippen LogP contribution in [-0.4, -0.2) is 77.7 Å². The fourth-order valence-corrected chi connectivity index (χ4v) is 3.27. The number of hydrogen-bond acceptors (Lipinski definition) is 6. The lowest BCUT2D eigenvalue weighted by Crippen LogP contribution is -2.46. The maximum Gasteiger partial charge on any atom is 0.191 e. The van der Waals surface area contributed by atoms with Crippen LogP contribution in [0.1, 0.15) is 25.0 Å². The fraction of sp³-hybridized carbons (Fsp3) is 0.591. The Labute approximate surface area is 212 Å². The summed E-state index contributed by atoms with van der Waals surface area (Å²) >= 11 is 0. The molecule has 0 amide bonds. The first-order chi connectivity index (χ1) is 15.6. The maximum atomic E-state index is 14.0. The smallest absolute Gasteiger partial charge is 0.191 e. The van der Waals surface area contributed by atoms with E-state index >= 15 is 0 Å². The van der Waals surface area contributed by atoms with E-state index in [1.54, 1.807) is 18.2 Å². The lowest BCUT2D eigenvalue weighted by molar-refractivity contribution is 0.0389. The van der Waals surface area contributed by atoms with Gasteiger partial charge < -0.3 is 24.7 Å². The van der Waals surface area contributed by atoms with Crippen LogP contribution in [0.4, 0.5) is 4.39 Å². The van der Waals surface area contributed by atoms with E-state index in [1.807, 2.05) is 25.5 Å². The summed E-state index contributed by atoms with van der Waals surface area (Å²) in [5.41, 5.74) is 0. The largest absolute Gasteiger partial charge is 0.486 e. The Kier molecular flexibility index (Phi) is 11.8. The number of nitrogens with zero attached hydrogens (tertiary/aromatic N) is 5. The zero-order chi connectivity index (χ0) is 22.8. The normalized spacial score (nSPS) is 15.6. The predicted octanol–water partition coefficient (Wildman–Crippen LogP) is 2.11. The predicted molar refractivity (Wildman–Crippen MR) is 137 cm³/mol. The first-order valence-corrected chi connectivity index (χ1v) is 11.1. The number of ether oxygens (including phenoxy) is 2. The van der Waals surface area contributed by atoms with Gasteiger partial charge >= 0.3 is 0 Å². The number of nitrogens with one attached hydrogen (secondary N) is 2. The summed E-state index contributed by atoms with van der Waals surface area (Å²) in [5.74, 6) is 2.19. The summed E-state index contributed by atoms with van der Waals surface area (Å²) in [6.45, 7) is 9.88. The van der Waals surface area contributed by atoms with E-state index in [9.17, 15) is 4.39 Å². The maximum absolute atomic E-state index is 14.0. The third kappa shape index (κ3) is 8.70. The molecule has 1 fully saturated rings. The molecular formula is C22H35FIN7O2. The molecule has 0 aliphatic carbocycles. The standard InChI is InChI=1S/C22H34FN7O2.HI/c1-4-18(32-20-8-6-5-7-19(20)23)15-25-22(24-9-10-30-11-13-31-14-12-30)26-16-21-28-27-17(2)29(21)3;/h5-8,18H,4,9-16H2,1-3H3,(H2,24,25,26);1H. The van der Waals surface area contributed by atoms with Crippen molar-refractivity contribution in [3.8, 4) is 5.75 Å². The lowest BCUT2D eigenvalue weighted by Gasteiger charge is -2.27. The third-order valence-electron chi connectivity index (χ3n) is 5.47. The van der Waals surface area contributed by atoms with Crippen molar-refractivity contribution in [3.05, 3.63) is 41.7 Å². The lowest BCUT2D eigenvalue weighted by atomic mass is 10.2. The second kappa shape index (κ2) is 14.3. The number of rotatable bonds is 10. The molecule has 1 aromatic carbocycles. The van der Waals surface area contributed by atoms with E-state index in [2.05, 4.69) is 30.7 Å². The molecule has 0 spiro atoms. The van der Waals surface area contributed by atoms with E-state index in [-0.39, 0.29) is 41.6 Å². The highest BCUT2D eigenvalue weighted by atomic mass is 127. The van der Waals surface area contributed by atoms with Crippen LogP contribution in [0.3, 0.4) is 0 Å². The van der Waals surface area contributed by atoms with Crippen LogP contribution in [0.5, 0.6) is 5.75 Å². The monoisotopic (exact) mass is 575 g/mol. The van der Waals surface area contributed by atoms with Gasteiger partial charge in [-0.1, -0.05) is 19.1 Å². The molecule has 184 valence electrons. The molecule has 1 unspecified atom stereocenters. The van der Waals surface area contributed by atoms with Gasteiger partial charge in [0.15, 0.2) is 23.4 Å². The van der Waals surface area contributed by atoms with Crippen molar-refractivity contribution in [2.75, 3.05) is 45.9 Å². The molecule has 1 aromatic heterocycles. The van der Waals surface area contributed by atoms with E-state index in [0.29, 0.717) is 19.0 Å². The molecule has 33 heavy (non-hydrogen) atoms. The van der Waals surface area contributed by atoms with Gasteiger partial charge in [-0.3, -0.25) is 4.90 Å². The minimum absolute atomic E-state index is 0. The molecule has 1 aliphatic heterocycles. The van der Waals surface area contributed by atoms with Crippen LogP contribution in [0.25, 0.3) is 0 Å². The van der Waals surface area contributed by atoms with Crippen molar-refractivity contribution in [1.29, 1.82) is 0 Å². The second-order valence-corrected chi connectivity index (χ2v) is 7.73. The molecule has 11 heteroatoms. The molecule has 2 aromatic rings. The second-order valence-electron chi connectivity index (χ2n) is 7.73. The van der Waals surface area contributed by atoms with Gasteiger partial charge in [0.25, 0.3) is 0 Å².